The number of anilines is 1. The molecule has 0 spiro atoms. The summed E-state index contributed by atoms with van der Waals surface area (Å²) in [6, 6.07) is 14.5. The fourth-order valence-electron chi connectivity index (χ4n) is 2.40. The van der Waals surface area contributed by atoms with Crippen molar-refractivity contribution in [3.63, 3.8) is 0 Å². The van der Waals surface area contributed by atoms with E-state index in [1.807, 2.05) is 6.07 Å². The predicted molar refractivity (Wildman–Crippen MR) is 105 cm³/mol. The van der Waals surface area contributed by atoms with Gasteiger partial charge in [-0.1, -0.05) is 30.3 Å². The van der Waals surface area contributed by atoms with E-state index in [1.165, 1.54) is 0 Å². The maximum atomic E-state index is 12.2. The lowest BCUT2D eigenvalue weighted by atomic mass is 10.1. The zero-order valence-electron chi connectivity index (χ0n) is 16.1. The minimum Gasteiger partial charge on any atom is -0.480 e. The quantitative estimate of drug-likeness (QED) is 0.707. The zero-order valence-corrected chi connectivity index (χ0v) is 16.1. The Balaban J connectivity index is 1.98. The highest BCUT2D eigenvalue weighted by molar-refractivity contribution is 6.04. The van der Waals surface area contributed by atoms with Gasteiger partial charge in [-0.15, -0.1) is 0 Å². The molecule has 0 radical (unpaired) electrons. The Kier molecular flexibility index (Phi) is 6.76. The van der Waals surface area contributed by atoms with Gasteiger partial charge in [0.15, 0.2) is 0 Å². The normalized spacial score (nSPS) is 12.0. The molecule has 0 fully saturated rings. The largest absolute Gasteiger partial charge is 0.480 e. The van der Waals surface area contributed by atoms with Crippen molar-refractivity contribution in [1.82, 2.24) is 5.32 Å². The van der Waals surface area contributed by atoms with Gasteiger partial charge >= 0.3 is 12.1 Å². The molecule has 2 rings (SSSR count). The Bertz CT molecular complexity index is 826. The lowest BCUT2D eigenvalue weighted by Crippen LogP contribution is -2.44. The molecule has 0 aliphatic rings. The molecule has 0 saturated carbocycles. The Morgan fingerprint density at radius 1 is 1.00 bits per heavy atom. The van der Waals surface area contributed by atoms with Crippen LogP contribution in [0.4, 0.5) is 10.5 Å². The summed E-state index contributed by atoms with van der Waals surface area (Å²) in [7, 11) is 0. The van der Waals surface area contributed by atoms with E-state index in [2.05, 4.69) is 10.6 Å². The molecule has 0 aliphatic heterocycles. The van der Waals surface area contributed by atoms with Crippen LogP contribution in [0.5, 0.6) is 0 Å². The van der Waals surface area contributed by atoms with Crippen molar-refractivity contribution in [2.45, 2.75) is 38.8 Å². The first-order valence-electron chi connectivity index (χ1n) is 8.82. The molecule has 2 aromatic carbocycles. The first-order valence-corrected chi connectivity index (χ1v) is 8.82. The summed E-state index contributed by atoms with van der Waals surface area (Å²) in [5, 5.41) is 14.5. The van der Waals surface area contributed by atoms with E-state index in [9.17, 15) is 19.5 Å². The molecule has 7 nitrogen and oxygen atoms in total. The van der Waals surface area contributed by atoms with Crippen LogP contribution in [0.2, 0.25) is 0 Å². The minimum atomic E-state index is -1.16. The minimum absolute atomic E-state index is 0.0848. The van der Waals surface area contributed by atoms with E-state index in [1.54, 1.807) is 69.3 Å². The Labute approximate surface area is 163 Å². The van der Waals surface area contributed by atoms with E-state index in [4.69, 9.17) is 4.74 Å². The van der Waals surface area contributed by atoms with Crippen LogP contribution >= 0.6 is 0 Å². The number of carbonyl (C=O) groups excluding carboxylic acids is 2. The Morgan fingerprint density at radius 3 is 2.14 bits per heavy atom. The van der Waals surface area contributed by atoms with Gasteiger partial charge in [0.25, 0.3) is 5.91 Å². The van der Waals surface area contributed by atoms with E-state index in [-0.39, 0.29) is 12.3 Å². The topological polar surface area (TPSA) is 105 Å². The van der Waals surface area contributed by atoms with Gasteiger partial charge < -0.3 is 20.5 Å². The van der Waals surface area contributed by atoms with Crippen LogP contribution in [-0.2, 0) is 16.0 Å². The van der Waals surface area contributed by atoms with Crippen LogP contribution in [0.25, 0.3) is 0 Å². The number of hydrogen-bond acceptors (Lipinski definition) is 4. The highest BCUT2D eigenvalue weighted by Crippen LogP contribution is 2.14. The molecule has 7 heteroatoms. The van der Waals surface area contributed by atoms with Crippen molar-refractivity contribution >= 4 is 23.7 Å². The van der Waals surface area contributed by atoms with E-state index >= 15 is 0 Å². The standard InChI is InChI=1S/C21H24N2O5/c1-21(2,3)28-20(27)23-17(19(25)26)13-14-9-11-16(12-10-14)22-18(24)15-7-5-4-6-8-15/h4-12,17H,13H2,1-3H3,(H,22,24)(H,23,27)(H,25,26). The third-order valence-electron chi connectivity index (χ3n) is 3.68. The lowest BCUT2D eigenvalue weighted by Gasteiger charge is -2.22. The van der Waals surface area contributed by atoms with Gasteiger partial charge in [0.2, 0.25) is 0 Å². The van der Waals surface area contributed by atoms with Crippen molar-refractivity contribution in [3.8, 4) is 0 Å². The van der Waals surface area contributed by atoms with Crippen molar-refractivity contribution in [3.05, 3.63) is 65.7 Å². The number of amides is 2. The summed E-state index contributed by atoms with van der Waals surface area (Å²) < 4.78 is 5.10. The number of aliphatic carboxylic acids is 1. The third-order valence-corrected chi connectivity index (χ3v) is 3.68. The average Bonchev–Trinajstić information content (AvgIpc) is 2.61. The number of rotatable bonds is 6. The number of ether oxygens (including phenoxy) is 1. The van der Waals surface area contributed by atoms with Gasteiger partial charge in [-0.3, -0.25) is 4.79 Å². The van der Waals surface area contributed by atoms with Crippen molar-refractivity contribution in [2.75, 3.05) is 5.32 Å². The maximum absolute atomic E-state index is 12.2. The van der Waals surface area contributed by atoms with Crippen LogP contribution in [0.3, 0.4) is 0 Å². The van der Waals surface area contributed by atoms with Crippen molar-refractivity contribution in [1.29, 1.82) is 0 Å². The fourth-order valence-corrected chi connectivity index (χ4v) is 2.40. The molecule has 2 amide bonds. The van der Waals surface area contributed by atoms with Crippen LogP contribution in [0.15, 0.2) is 54.6 Å². The first-order chi connectivity index (χ1) is 13.1. The third kappa shape index (κ3) is 6.75. The zero-order chi connectivity index (χ0) is 20.7. The molecule has 1 unspecified atom stereocenters. The van der Waals surface area contributed by atoms with Gasteiger partial charge in [0.05, 0.1) is 0 Å². The smallest absolute Gasteiger partial charge is 0.408 e. The molecule has 0 saturated heterocycles. The van der Waals surface area contributed by atoms with Gasteiger partial charge in [0.1, 0.15) is 11.6 Å². The molecule has 3 N–H and O–H groups in total. The summed E-state index contributed by atoms with van der Waals surface area (Å²) in [5.41, 5.74) is 1.11. The maximum Gasteiger partial charge on any atom is 0.408 e. The molecular weight excluding hydrogens is 360 g/mol. The van der Waals surface area contributed by atoms with Gasteiger partial charge in [-0.2, -0.15) is 0 Å². The van der Waals surface area contributed by atoms with Crippen LogP contribution in [0, 0.1) is 0 Å². The highest BCUT2D eigenvalue weighted by atomic mass is 16.6. The molecule has 0 aromatic heterocycles. The lowest BCUT2D eigenvalue weighted by molar-refractivity contribution is -0.139. The van der Waals surface area contributed by atoms with Crippen LogP contribution in [0.1, 0.15) is 36.7 Å². The Hall–Kier alpha value is -3.35. The monoisotopic (exact) mass is 384 g/mol. The number of hydrogen-bond donors (Lipinski definition) is 3. The number of carboxylic acid groups (broad SMARTS) is 1. The summed E-state index contributed by atoms with van der Waals surface area (Å²) >= 11 is 0. The number of carboxylic acids is 1. The first kappa shape index (κ1) is 21.0. The highest BCUT2D eigenvalue weighted by Gasteiger charge is 2.24. The number of carbonyl (C=O) groups is 3. The molecule has 0 bridgehead atoms. The number of nitrogens with one attached hydrogen (secondary N) is 2. The summed E-state index contributed by atoms with van der Waals surface area (Å²) in [5.74, 6) is -1.39. The summed E-state index contributed by atoms with van der Waals surface area (Å²) in [6.07, 6.45) is -0.701. The van der Waals surface area contributed by atoms with Gasteiger partial charge in [-0.25, -0.2) is 9.59 Å². The molecule has 148 valence electrons. The van der Waals surface area contributed by atoms with Crippen LogP contribution < -0.4 is 10.6 Å². The summed E-state index contributed by atoms with van der Waals surface area (Å²) in [4.78, 5) is 35.4. The molecule has 0 heterocycles. The Morgan fingerprint density at radius 2 is 1.61 bits per heavy atom. The van der Waals surface area contributed by atoms with Gasteiger partial charge in [-0.05, 0) is 50.6 Å². The predicted octanol–water partition coefficient (Wildman–Crippen LogP) is 3.46. The molecular formula is C21H24N2O5. The van der Waals surface area contributed by atoms with E-state index in [0.29, 0.717) is 16.8 Å². The van der Waals surface area contributed by atoms with Crippen LogP contribution in [-0.4, -0.2) is 34.7 Å². The number of benzene rings is 2. The number of alkyl carbamates (subject to hydrolysis) is 1. The molecule has 28 heavy (non-hydrogen) atoms. The molecule has 1 atom stereocenters. The second kappa shape index (κ2) is 9.03. The SMILES string of the molecule is CC(C)(C)OC(=O)NC(Cc1ccc(NC(=O)c2ccccc2)cc1)C(=O)O. The van der Waals surface area contributed by atoms with Crippen molar-refractivity contribution in [2.24, 2.45) is 0 Å². The second-order valence-corrected chi connectivity index (χ2v) is 7.26. The average molecular weight is 384 g/mol. The van der Waals surface area contributed by atoms with Crippen molar-refractivity contribution < 1.29 is 24.2 Å². The summed E-state index contributed by atoms with van der Waals surface area (Å²) in [6.45, 7) is 5.10. The molecule has 2 aromatic rings. The second-order valence-electron chi connectivity index (χ2n) is 7.26. The van der Waals surface area contributed by atoms with E-state index < -0.39 is 23.7 Å². The van der Waals surface area contributed by atoms with E-state index in [0.717, 1.165) is 0 Å². The fraction of sp³-hybridized carbons (Fsp3) is 0.286. The molecule has 0 aliphatic carbocycles. The van der Waals surface area contributed by atoms with Gasteiger partial charge in [0, 0.05) is 17.7 Å².